The Labute approximate surface area is 142 Å². The highest BCUT2D eigenvalue weighted by Crippen LogP contribution is 2.32. The maximum Gasteiger partial charge on any atom is 0.390 e. The van der Waals surface area contributed by atoms with Gasteiger partial charge in [-0.15, -0.1) is 0 Å². The number of carbonyl (C=O) groups excluding carboxylic acids is 1. The van der Waals surface area contributed by atoms with E-state index in [9.17, 15) is 18.0 Å². The van der Waals surface area contributed by atoms with E-state index in [0.29, 0.717) is 18.0 Å². The molecule has 3 nitrogen and oxygen atoms in total. The van der Waals surface area contributed by atoms with Crippen LogP contribution in [0.25, 0.3) is 0 Å². The van der Waals surface area contributed by atoms with E-state index >= 15 is 0 Å². The molecule has 1 unspecified atom stereocenters. The first-order valence-corrected chi connectivity index (χ1v) is 8.30. The predicted octanol–water partition coefficient (Wildman–Crippen LogP) is 3.81. The Kier molecular flexibility index (Phi) is 5.41. The molecule has 1 aliphatic carbocycles. The van der Waals surface area contributed by atoms with E-state index in [1.54, 1.807) is 31.2 Å². The summed E-state index contributed by atoms with van der Waals surface area (Å²) >= 11 is 3.30. The Bertz CT molecular complexity index is 553. The molecular formula is C16H20BrF3N2O. The van der Waals surface area contributed by atoms with E-state index in [4.69, 9.17) is 5.73 Å². The van der Waals surface area contributed by atoms with Gasteiger partial charge < -0.3 is 10.6 Å². The van der Waals surface area contributed by atoms with E-state index in [1.165, 1.54) is 4.90 Å². The first-order chi connectivity index (χ1) is 10.6. The quantitative estimate of drug-likeness (QED) is 0.799. The normalized spacial score (nSPS) is 17.7. The Morgan fingerprint density at radius 1 is 1.30 bits per heavy atom. The van der Waals surface area contributed by atoms with Crippen molar-refractivity contribution in [3.63, 3.8) is 0 Å². The van der Waals surface area contributed by atoms with Crippen molar-refractivity contribution in [1.29, 1.82) is 0 Å². The molecule has 0 radical (unpaired) electrons. The van der Waals surface area contributed by atoms with Crippen molar-refractivity contribution in [2.45, 2.75) is 37.9 Å². The first kappa shape index (κ1) is 18.3. The average molecular weight is 393 g/mol. The summed E-state index contributed by atoms with van der Waals surface area (Å²) in [5.74, 6) is -0.163. The summed E-state index contributed by atoms with van der Waals surface area (Å²) in [6, 6.07) is 6.94. The lowest BCUT2D eigenvalue weighted by Gasteiger charge is -2.32. The van der Waals surface area contributed by atoms with Crippen molar-refractivity contribution in [2.24, 2.45) is 11.7 Å². The topological polar surface area (TPSA) is 46.3 Å². The van der Waals surface area contributed by atoms with E-state index in [2.05, 4.69) is 15.9 Å². The zero-order valence-electron chi connectivity index (χ0n) is 12.9. The van der Waals surface area contributed by atoms with Gasteiger partial charge in [-0.05, 0) is 43.4 Å². The Balaban J connectivity index is 2.14. The summed E-state index contributed by atoms with van der Waals surface area (Å²) in [5.41, 5.74) is 5.42. The average Bonchev–Trinajstić information content (AvgIpc) is 3.26. The molecule has 1 amide bonds. The van der Waals surface area contributed by atoms with Crippen LogP contribution in [-0.4, -0.2) is 30.1 Å². The molecule has 1 aromatic carbocycles. The fourth-order valence-corrected chi connectivity index (χ4v) is 2.66. The number of alkyl halides is 3. The third-order valence-corrected chi connectivity index (χ3v) is 4.54. The van der Waals surface area contributed by atoms with Crippen molar-refractivity contribution in [3.8, 4) is 0 Å². The Hall–Kier alpha value is -1.08. The van der Waals surface area contributed by atoms with Crippen LogP contribution in [0.5, 0.6) is 0 Å². The molecule has 0 saturated heterocycles. The van der Waals surface area contributed by atoms with E-state index < -0.39 is 24.0 Å². The van der Waals surface area contributed by atoms with Crippen LogP contribution >= 0.6 is 15.9 Å². The van der Waals surface area contributed by atoms with Gasteiger partial charge in [-0.3, -0.25) is 4.79 Å². The fourth-order valence-electron chi connectivity index (χ4n) is 2.40. The molecule has 128 valence electrons. The van der Waals surface area contributed by atoms with Crippen LogP contribution in [0.1, 0.15) is 31.7 Å². The van der Waals surface area contributed by atoms with Crippen molar-refractivity contribution in [2.75, 3.05) is 13.1 Å². The smallest absolute Gasteiger partial charge is 0.340 e. The van der Waals surface area contributed by atoms with Crippen molar-refractivity contribution in [1.82, 2.24) is 4.90 Å². The van der Waals surface area contributed by atoms with E-state index in [0.717, 1.165) is 17.3 Å². The lowest BCUT2D eigenvalue weighted by atomic mass is 9.91. The van der Waals surface area contributed by atoms with Gasteiger partial charge in [0.2, 0.25) is 5.91 Å². The SMILES string of the molecule is CC(N)(C(=O)N(CCC(F)(F)F)CC1CC1)c1ccc(Br)cc1. The maximum absolute atomic E-state index is 12.8. The van der Waals surface area contributed by atoms with E-state index in [1.807, 2.05) is 0 Å². The van der Waals surface area contributed by atoms with E-state index in [-0.39, 0.29) is 6.54 Å². The molecule has 23 heavy (non-hydrogen) atoms. The van der Waals surface area contributed by atoms with Gasteiger partial charge in [-0.25, -0.2) is 0 Å². The highest BCUT2D eigenvalue weighted by Gasteiger charge is 2.38. The lowest BCUT2D eigenvalue weighted by molar-refractivity contribution is -0.148. The molecule has 0 aromatic heterocycles. The van der Waals surface area contributed by atoms with Crippen LogP contribution in [0.4, 0.5) is 13.2 Å². The number of hydrogen-bond acceptors (Lipinski definition) is 2. The van der Waals surface area contributed by atoms with Gasteiger partial charge in [0.05, 0.1) is 6.42 Å². The molecule has 1 saturated carbocycles. The molecule has 0 bridgehead atoms. The van der Waals surface area contributed by atoms with Gasteiger partial charge in [-0.2, -0.15) is 13.2 Å². The van der Waals surface area contributed by atoms with Gasteiger partial charge in [0, 0.05) is 17.6 Å². The van der Waals surface area contributed by atoms with Crippen LogP contribution in [0.2, 0.25) is 0 Å². The molecular weight excluding hydrogens is 373 g/mol. The summed E-state index contributed by atoms with van der Waals surface area (Å²) < 4.78 is 38.4. The molecule has 0 aliphatic heterocycles. The van der Waals surface area contributed by atoms with Crippen LogP contribution in [0, 0.1) is 5.92 Å². The third-order valence-electron chi connectivity index (χ3n) is 4.02. The minimum Gasteiger partial charge on any atom is -0.340 e. The van der Waals surface area contributed by atoms with Crippen molar-refractivity contribution in [3.05, 3.63) is 34.3 Å². The molecule has 0 heterocycles. The number of nitrogens with two attached hydrogens (primary N) is 1. The third kappa shape index (κ3) is 5.21. The number of amides is 1. The summed E-state index contributed by atoms with van der Waals surface area (Å²) in [5, 5.41) is 0. The minimum atomic E-state index is -4.29. The Morgan fingerprint density at radius 3 is 2.35 bits per heavy atom. The second-order valence-electron chi connectivity index (χ2n) is 6.27. The molecule has 1 atom stereocenters. The number of nitrogens with zero attached hydrogens (tertiary/aromatic N) is 1. The van der Waals surface area contributed by atoms with Gasteiger partial charge in [-0.1, -0.05) is 28.1 Å². The first-order valence-electron chi connectivity index (χ1n) is 7.50. The number of carbonyl (C=O) groups is 1. The number of benzene rings is 1. The fraction of sp³-hybridized carbons (Fsp3) is 0.562. The van der Waals surface area contributed by atoms with Gasteiger partial charge in [0.1, 0.15) is 5.54 Å². The highest BCUT2D eigenvalue weighted by molar-refractivity contribution is 9.10. The molecule has 0 spiro atoms. The second-order valence-corrected chi connectivity index (χ2v) is 7.18. The molecule has 1 aromatic rings. The highest BCUT2D eigenvalue weighted by atomic mass is 79.9. The number of rotatable bonds is 6. The van der Waals surface area contributed by atoms with Crippen molar-refractivity contribution < 1.29 is 18.0 Å². The summed E-state index contributed by atoms with van der Waals surface area (Å²) in [4.78, 5) is 14.0. The molecule has 2 N–H and O–H groups in total. The van der Waals surface area contributed by atoms with Crippen LogP contribution in [-0.2, 0) is 10.3 Å². The molecule has 1 fully saturated rings. The second kappa shape index (κ2) is 6.81. The predicted molar refractivity (Wildman–Crippen MR) is 85.7 cm³/mol. The zero-order valence-corrected chi connectivity index (χ0v) is 14.5. The number of halogens is 4. The van der Waals surface area contributed by atoms with Gasteiger partial charge in [0.15, 0.2) is 0 Å². The summed E-state index contributed by atoms with van der Waals surface area (Å²) in [6.45, 7) is 1.55. The summed E-state index contributed by atoms with van der Waals surface area (Å²) in [6.07, 6.45) is -3.39. The van der Waals surface area contributed by atoms with Crippen LogP contribution in [0.3, 0.4) is 0 Å². The van der Waals surface area contributed by atoms with Gasteiger partial charge in [0.25, 0.3) is 0 Å². The monoisotopic (exact) mass is 392 g/mol. The molecule has 1 aliphatic rings. The number of hydrogen-bond donors (Lipinski definition) is 1. The van der Waals surface area contributed by atoms with Crippen LogP contribution < -0.4 is 5.73 Å². The van der Waals surface area contributed by atoms with Crippen LogP contribution in [0.15, 0.2) is 28.7 Å². The largest absolute Gasteiger partial charge is 0.390 e. The Morgan fingerprint density at radius 2 is 1.87 bits per heavy atom. The zero-order chi connectivity index (χ0) is 17.3. The minimum absolute atomic E-state index is 0.299. The van der Waals surface area contributed by atoms with Gasteiger partial charge >= 0.3 is 6.18 Å². The molecule has 2 rings (SSSR count). The summed E-state index contributed by atoms with van der Waals surface area (Å²) in [7, 11) is 0. The van der Waals surface area contributed by atoms with Crippen molar-refractivity contribution >= 4 is 21.8 Å². The lowest BCUT2D eigenvalue weighted by Crippen LogP contribution is -2.52. The standard InChI is InChI=1S/C16H20BrF3N2O/c1-15(21,12-4-6-13(17)7-5-12)14(23)22(10-11-2-3-11)9-8-16(18,19)20/h4-7,11H,2-3,8-10,21H2,1H3. The maximum atomic E-state index is 12.8. The molecule has 7 heteroatoms.